The fourth-order valence-corrected chi connectivity index (χ4v) is 4.63. The van der Waals surface area contributed by atoms with Crippen molar-refractivity contribution in [3.8, 4) is 0 Å². The van der Waals surface area contributed by atoms with Gasteiger partial charge in [0, 0.05) is 51.5 Å². The van der Waals surface area contributed by atoms with Gasteiger partial charge in [-0.2, -0.15) is 0 Å². The maximum Gasteiger partial charge on any atom is 0.410 e. The molecule has 2 bridgehead atoms. The summed E-state index contributed by atoms with van der Waals surface area (Å²) >= 11 is 0. The smallest absolute Gasteiger partial charge is 0.410 e. The van der Waals surface area contributed by atoms with Crippen LogP contribution < -0.4 is 15.5 Å². The molecule has 1 aromatic rings. The average Bonchev–Trinajstić information content (AvgIpc) is 2.95. The van der Waals surface area contributed by atoms with Crippen molar-refractivity contribution in [2.45, 2.75) is 83.6 Å². The molecule has 3 rings (SSSR count). The van der Waals surface area contributed by atoms with Crippen LogP contribution in [-0.2, 0) is 11.3 Å². The van der Waals surface area contributed by atoms with Gasteiger partial charge in [-0.15, -0.1) is 24.0 Å². The first-order chi connectivity index (χ1) is 14.6. The van der Waals surface area contributed by atoms with Crippen molar-refractivity contribution in [1.29, 1.82) is 0 Å². The Morgan fingerprint density at radius 2 is 1.84 bits per heavy atom. The number of aryl methyl sites for hydroxylation is 1. The number of hydrogen-bond acceptors (Lipinski definition) is 4. The van der Waals surface area contributed by atoms with E-state index in [1.807, 2.05) is 32.7 Å². The number of nitrogens with zero attached hydrogens (tertiary/aromatic N) is 3. The number of rotatable bonds is 4. The third-order valence-corrected chi connectivity index (χ3v) is 6.19. The normalized spacial score (nSPS) is 22.8. The highest BCUT2D eigenvalue weighted by Gasteiger charge is 2.45. The number of amides is 1. The van der Waals surface area contributed by atoms with E-state index in [0.29, 0.717) is 6.04 Å². The number of hydrogen-bond donors (Lipinski definition) is 2. The van der Waals surface area contributed by atoms with Crippen molar-refractivity contribution in [2.24, 2.45) is 4.99 Å². The van der Waals surface area contributed by atoms with Crippen LogP contribution in [0.3, 0.4) is 0 Å². The van der Waals surface area contributed by atoms with Crippen molar-refractivity contribution < 1.29 is 9.53 Å². The van der Waals surface area contributed by atoms with E-state index in [1.54, 1.807) is 0 Å². The van der Waals surface area contributed by atoms with E-state index in [2.05, 4.69) is 59.7 Å². The van der Waals surface area contributed by atoms with E-state index in [1.165, 1.54) is 16.8 Å². The van der Waals surface area contributed by atoms with Gasteiger partial charge < -0.3 is 25.2 Å². The van der Waals surface area contributed by atoms with E-state index in [-0.39, 0.29) is 42.2 Å². The molecule has 0 saturated carbocycles. The molecule has 2 saturated heterocycles. The topological polar surface area (TPSA) is 69.2 Å². The molecule has 0 radical (unpaired) electrons. The van der Waals surface area contributed by atoms with Crippen molar-refractivity contribution in [2.75, 3.05) is 26.0 Å². The van der Waals surface area contributed by atoms with Crippen LogP contribution in [0.15, 0.2) is 23.2 Å². The molecule has 2 heterocycles. The number of carbonyl (C=O) groups excluding carboxylic acids is 1. The molecule has 0 aromatic heterocycles. The van der Waals surface area contributed by atoms with Crippen LogP contribution in [0.1, 0.15) is 57.6 Å². The van der Waals surface area contributed by atoms with Crippen LogP contribution in [0.5, 0.6) is 0 Å². The number of carbonyl (C=O) groups is 1. The Bertz CT molecular complexity index is 807. The molecule has 0 aliphatic carbocycles. The molecule has 7 nitrogen and oxygen atoms in total. The average molecular weight is 558 g/mol. The van der Waals surface area contributed by atoms with E-state index < -0.39 is 5.60 Å². The second-order valence-corrected chi connectivity index (χ2v) is 10.0. The summed E-state index contributed by atoms with van der Waals surface area (Å²) in [5, 5.41) is 7.04. The minimum Gasteiger partial charge on any atom is -0.444 e. The van der Waals surface area contributed by atoms with Gasteiger partial charge in [0.1, 0.15) is 5.60 Å². The van der Waals surface area contributed by atoms with Gasteiger partial charge in [-0.05, 0) is 76.6 Å². The lowest BCUT2D eigenvalue weighted by Crippen LogP contribution is -2.54. The highest BCUT2D eigenvalue weighted by atomic mass is 127. The molecule has 2 fully saturated rings. The summed E-state index contributed by atoms with van der Waals surface area (Å²) in [7, 11) is 5.92. The maximum atomic E-state index is 12.7. The Kier molecular flexibility index (Phi) is 9.07. The van der Waals surface area contributed by atoms with Crippen LogP contribution in [0, 0.1) is 6.92 Å². The predicted octanol–water partition coefficient (Wildman–Crippen LogP) is 4.27. The van der Waals surface area contributed by atoms with Gasteiger partial charge >= 0.3 is 6.09 Å². The van der Waals surface area contributed by atoms with Crippen LogP contribution >= 0.6 is 24.0 Å². The predicted molar refractivity (Wildman–Crippen MR) is 142 cm³/mol. The van der Waals surface area contributed by atoms with E-state index in [9.17, 15) is 4.79 Å². The van der Waals surface area contributed by atoms with E-state index >= 15 is 0 Å². The standard InChI is InChI=1S/C24H39N5O2.HI/c1-16-12-19(28(6)7)9-8-17(16)15-26-22(25-5)27-18-13-20-10-11-21(14-18)29(20)23(30)31-24(2,3)4;/h8-9,12,18,20-21H,10-11,13-15H2,1-7H3,(H2,25,26,27);1H. The van der Waals surface area contributed by atoms with Gasteiger partial charge in [-0.1, -0.05) is 6.07 Å². The Labute approximate surface area is 210 Å². The zero-order valence-electron chi connectivity index (χ0n) is 20.6. The quantitative estimate of drug-likeness (QED) is 0.329. The summed E-state index contributed by atoms with van der Waals surface area (Å²) in [4.78, 5) is 21.2. The van der Waals surface area contributed by atoms with Gasteiger partial charge in [0.25, 0.3) is 0 Å². The van der Waals surface area contributed by atoms with E-state index in [4.69, 9.17) is 4.74 Å². The Hall–Kier alpha value is -1.71. The third kappa shape index (κ3) is 6.65. The fraction of sp³-hybridized carbons (Fsp3) is 0.667. The number of piperidine rings is 1. The molecular weight excluding hydrogens is 517 g/mol. The summed E-state index contributed by atoms with van der Waals surface area (Å²) < 4.78 is 5.64. The van der Waals surface area contributed by atoms with Crippen LogP contribution in [-0.4, -0.2) is 61.8 Å². The number of anilines is 1. The Morgan fingerprint density at radius 3 is 2.34 bits per heavy atom. The molecule has 2 atom stereocenters. The molecule has 1 aromatic carbocycles. The summed E-state index contributed by atoms with van der Waals surface area (Å²) in [6.07, 6.45) is 3.77. The molecule has 32 heavy (non-hydrogen) atoms. The first-order valence-electron chi connectivity index (χ1n) is 11.3. The molecule has 0 spiro atoms. The zero-order chi connectivity index (χ0) is 22.8. The van der Waals surface area contributed by atoms with Crippen molar-refractivity contribution in [3.05, 3.63) is 29.3 Å². The monoisotopic (exact) mass is 557 g/mol. The van der Waals surface area contributed by atoms with Gasteiger partial charge in [0.2, 0.25) is 0 Å². The Morgan fingerprint density at radius 1 is 1.22 bits per heavy atom. The molecule has 2 aliphatic heterocycles. The Balaban J connectivity index is 0.00000363. The molecule has 2 unspecified atom stereocenters. The van der Waals surface area contributed by atoms with Crippen molar-refractivity contribution >= 4 is 41.7 Å². The minimum absolute atomic E-state index is 0. The van der Waals surface area contributed by atoms with Gasteiger partial charge in [-0.25, -0.2) is 4.79 Å². The summed E-state index contributed by atoms with van der Waals surface area (Å²) in [5.74, 6) is 0.811. The molecular formula is C24H40IN5O2. The lowest BCUT2D eigenvalue weighted by atomic mass is 9.98. The molecule has 2 aliphatic rings. The van der Waals surface area contributed by atoms with Gasteiger partial charge in [-0.3, -0.25) is 4.99 Å². The molecule has 2 N–H and O–H groups in total. The second-order valence-electron chi connectivity index (χ2n) is 10.0. The SMILES string of the molecule is CN=C(NCc1ccc(N(C)C)cc1C)NC1CC2CCC(C1)N2C(=O)OC(C)(C)C.I. The zero-order valence-corrected chi connectivity index (χ0v) is 22.9. The molecule has 1 amide bonds. The number of nitrogens with one attached hydrogen (secondary N) is 2. The number of benzene rings is 1. The largest absolute Gasteiger partial charge is 0.444 e. The van der Waals surface area contributed by atoms with Crippen LogP contribution in [0.4, 0.5) is 10.5 Å². The lowest BCUT2D eigenvalue weighted by molar-refractivity contribution is 0.00545. The van der Waals surface area contributed by atoms with Crippen molar-refractivity contribution in [3.63, 3.8) is 0 Å². The summed E-state index contributed by atoms with van der Waals surface area (Å²) in [5.41, 5.74) is 3.27. The van der Waals surface area contributed by atoms with Gasteiger partial charge in [0.15, 0.2) is 5.96 Å². The number of halogens is 1. The number of ether oxygens (including phenoxy) is 1. The summed E-state index contributed by atoms with van der Waals surface area (Å²) in [6, 6.07) is 7.31. The highest BCUT2D eigenvalue weighted by molar-refractivity contribution is 14.0. The van der Waals surface area contributed by atoms with Gasteiger partial charge in [0.05, 0.1) is 0 Å². The number of guanidine groups is 1. The first kappa shape index (κ1) is 26.5. The lowest BCUT2D eigenvalue weighted by Gasteiger charge is -2.40. The first-order valence-corrected chi connectivity index (χ1v) is 11.3. The minimum atomic E-state index is -0.458. The molecule has 8 heteroatoms. The number of fused-ring (bicyclic) bond motifs is 2. The van der Waals surface area contributed by atoms with E-state index in [0.717, 1.165) is 38.2 Å². The highest BCUT2D eigenvalue weighted by Crippen LogP contribution is 2.36. The summed E-state index contributed by atoms with van der Waals surface area (Å²) in [6.45, 7) is 8.64. The molecule has 180 valence electrons. The van der Waals surface area contributed by atoms with Crippen molar-refractivity contribution in [1.82, 2.24) is 15.5 Å². The van der Waals surface area contributed by atoms with Crippen LogP contribution in [0.2, 0.25) is 0 Å². The third-order valence-electron chi connectivity index (χ3n) is 6.19. The maximum absolute atomic E-state index is 12.7. The van der Waals surface area contributed by atoms with Crippen LogP contribution in [0.25, 0.3) is 0 Å². The second kappa shape index (κ2) is 10.9. The number of aliphatic imine (C=N–C) groups is 1. The fourth-order valence-electron chi connectivity index (χ4n) is 4.63.